The average Bonchev–Trinajstić information content (AvgIpc) is 2.71. The third kappa shape index (κ3) is 3.03. The van der Waals surface area contributed by atoms with E-state index in [4.69, 9.17) is 0 Å². The molecule has 0 saturated heterocycles. The fourth-order valence-corrected chi connectivity index (χ4v) is 3.53. The summed E-state index contributed by atoms with van der Waals surface area (Å²) in [5, 5.41) is 14.9. The minimum absolute atomic E-state index is 0.0380. The van der Waals surface area contributed by atoms with Gasteiger partial charge in [-0.15, -0.1) is 0 Å². The predicted molar refractivity (Wildman–Crippen MR) is 72.1 cm³/mol. The minimum atomic E-state index is -4.16. The number of nitrogens with zero attached hydrogens (tertiary/aromatic N) is 2. The van der Waals surface area contributed by atoms with Gasteiger partial charge in [-0.05, 0) is 48.0 Å². The molecule has 0 amide bonds. The molecule has 0 atom stereocenters. The first kappa shape index (κ1) is 15.8. The zero-order valence-electron chi connectivity index (χ0n) is 11.3. The van der Waals surface area contributed by atoms with Crippen LogP contribution in [0.15, 0.2) is 10.7 Å². The van der Waals surface area contributed by atoms with E-state index in [9.17, 15) is 18.3 Å². The summed E-state index contributed by atoms with van der Waals surface area (Å²) in [6.07, 6.45) is -1.56. The van der Waals surface area contributed by atoms with E-state index < -0.39 is 17.7 Å². The molecule has 1 aliphatic carbocycles. The molecule has 114 valence electrons. The number of hydrogen-bond donors (Lipinski definition) is 1. The van der Waals surface area contributed by atoms with Gasteiger partial charge in [0.25, 0.3) is 0 Å². The summed E-state index contributed by atoms with van der Waals surface area (Å²) in [7, 11) is 0. The molecule has 1 aromatic rings. The highest BCUT2D eigenvalue weighted by molar-refractivity contribution is 9.10. The van der Waals surface area contributed by atoms with Crippen LogP contribution in [0.4, 0.5) is 13.2 Å². The predicted octanol–water partition coefficient (Wildman–Crippen LogP) is 4.00. The summed E-state index contributed by atoms with van der Waals surface area (Å²) in [5.41, 5.74) is -0.605. The molecule has 0 aliphatic heterocycles. The van der Waals surface area contributed by atoms with Gasteiger partial charge in [-0.3, -0.25) is 4.68 Å². The van der Waals surface area contributed by atoms with Crippen LogP contribution in [-0.4, -0.2) is 21.1 Å². The molecule has 1 N–H and O–H groups in total. The largest absolute Gasteiger partial charge is 0.391 e. The quantitative estimate of drug-likeness (QED) is 0.890. The summed E-state index contributed by atoms with van der Waals surface area (Å²) in [6, 6.07) is 0. The molecule has 1 saturated carbocycles. The van der Waals surface area contributed by atoms with E-state index in [1.807, 2.05) is 6.92 Å². The standard InChI is InChI=1S/C13H18BrF3N2O/c1-2-7-19-11(10(14)8-18-19)12(20)5-3-9(4-6-12)13(15,16)17/h8-9,20H,2-7H2,1H3. The second-order valence-corrected chi connectivity index (χ2v) is 6.27. The third-order valence-electron chi connectivity index (χ3n) is 3.95. The molecule has 0 unspecified atom stereocenters. The first-order valence-electron chi connectivity index (χ1n) is 6.79. The van der Waals surface area contributed by atoms with Crippen molar-refractivity contribution in [1.82, 2.24) is 9.78 Å². The molecule has 1 aromatic heterocycles. The van der Waals surface area contributed by atoms with Crippen LogP contribution >= 0.6 is 15.9 Å². The molecular formula is C13H18BrF3N2O. The third-order valence-corrected chi connectivity index (χ3v) is 4.53. The molecule has 3 nitrogen and oxygen atoms in total. The number of aromatic nitrogens is 2. The van der Waals surface area contributed by atoms with Gasteiger partial charge in [0.05, 0.1) is 22.3 Å². The number of rotatable bonds is 3. The van der Waals surface area contributed by atoms with Gasteiger partial charge in [-0.25, -0.2) is 0 Å². The highest BCUT2D eigenvalue weighted by Crippen LogP contribution is 2.46. The van der Waals surface area contributed by atoms with Crippen molar-refractivity contribution < 1.29 is 18.3 Å². The summed E-state index contributed by atoms with van der Waals surface area (Å²) in [6.45, 7) is 2.63. The number of halogens is 4. The molecule has 1 fully saturated rings. The van der Waals surface area contributed by atoms with E-state index in [1.165, 1.54) is 0 Å². The molecule has 0 bridgehead atoms. The Balaban J connectivity index is 2.19. The number of aliphatic hydroxyl groups is 1. The molecular weight excluding hydrogens is 337 g/mol. The maximum Gasteiger partial charge on any atom is 0.391 e. The minimum Gasteiger partial charge on any atom is -0.384 e. The zero-order chi connectivity index (χ0) is 15.0. The van der Waals surface area contributed by atoms with Crippen molar-refractivity contribution in [2.75, 3.05) is 0 Å². The monoisotopic (exact) mass is 354 g/mol. The highest BCUT2D eigenvalue weighted by Gasteiger charge is 2.47. The van der Waals surface area contributed by atoms with Crippen molar-refractivity contribution in [2.24, 2.45) is 5.92 Å². The Morgan fingerprint density at radius 3 is 2.55 bits per heavy atom. The topological polar surface area (TPSA) is 38.0 Å². The van der Waals surface area contributed by atoms with Gasteiger partial charge in [0.15, 0.2) is 0 Å². The van der Waals surface area contributed by atoms with Gasteiger partial charge < -0.3 is 5.11 Å². The summed E-state index contributed by atoms with van der Waals surface area (Å²) >= 11 is 3.35. The average molecular weight is 355 g/mol. The van der Waals surface area contributed by atoms with Crippen molar-refractivity contribution >= 4 is 15.9 Å². The maximum absolute atomic E-state index is 12.7. The molecule has 1 aliphatic rings. The number of alkyl halides is 3. The first-order chi connectivity index (χ1) is 9.28. The van der Waals surface area contributed by atoms with Gasteiger partial charge in [-0.2, -0.15) is 18.3 Å². The fraction of sp³-hybridized carbons (Fsp3) is 0.769. The van der Waals surface area contributed by atoms with E-state index >= 15 is 0 Å². The van der Waals surface area contributed by atoms with Crippen LogP contribution < -0.4 is 0 Å². The van der Waals surface area contributed by atoms with Gasteiger partial charge in [-0.1, -0.05) is 6.92 Å². The van der Waals surface area contributed by atoms with Crippen molar-refractivity contribution in [2.45, 2.75) is 57.3 Å². The molecule has 0 aromatic carbocycles. The lowest BCUT2D eigenvalue weighted by atomic mass is 9.77. The summed E-state index contributed by atoms with van der Waals surface area (Å²) < 4.78 is 40.5. The maximum atomic E-state index is 12.7. The van der Waals surface area contributed by atoms with E-state index in [0.29, 0.717) is 16.7 Å². The van der Waals surface area contributed by atoms with Crippen LogP contribution in [0.1, 0.15) is 44.7 Å². The molecule has 2 rings (SSSR count). The van der Waals surface area contributed by atoms with E-state index in [2.05, 4.69) is 21.0 Å². The second kappa shape index (κ2) is 5.67. The van der Waals surface area contributed by atoms with Crippen molar-refractivity contribution in [3.05, 3.63) is 16.4 Å². The van der Waals surface area contributed by atoms with Crippen molar-refractivity contribution in [3.8, 4) is 0 Å². The number of hydrogen-bond acceptors (Lipinski definition) is 2. The van der Waals surface area contributed by atoms with E-state index in [1.54, 1.807) is 10.9 Å². The Morgan fingerprint density at radius 1 is 1.45 bits per heavy atom. The summed E-state index contributed by atoms with van der Waals surface area (Å²) in [5.74, 6) is -1.30. The Bertz CT molecular complexity index is 465. The van der Waals surface area contributed by atoms with Crippen LogP contribution in [0.2, 0.25) is 0 Å². The van der Waals surface area contributed by atoms with Crippen LogP contribution in [0.5, 0.6) is 0 Å². The molecule has 0 radical (unpaired) electrons. The van der Waals surface area contributed by atoms with Crippen LogP contribution in [0.3, 0.4) is 0 Å². The Kier molecular flexibility index (Phi) is 4.49. The Labute approximate surface area is 124 Å². The molecule has 0 spiro atoms. The van der Waals surface area contributed by atoms with Gasteiger partial charge in [0.1, 0.15) is 5.60 Å². The number of aryl methyl sites for hydroxylation is 1. The molecule has 1 heterocycles. The lowest BCUT2D eigenvalue weighted by Crippen LogP contribution is -2.38. The smallest absolute Gasteiger partial charge is 0.384 e. The zero-order valence-corrected chi connectivity index (χ0v) is 12.8. The summed E-state index contributed by atoms with van der Waals surface area (Å²) in [4.78, 5) is 0. The van der Waals surface area contributed by atoms with Crippen molar-refractivity contribution in [1.29, 1.82) is 0 Å². The first-order valence-corrected chi connectivity index (χ1v) is 7.58. The van der Waals surface area contributed by atoms with Crippen LogP contribution in [-0.2, 0) is 12.1 Å². The van der Waals surface area contributed by atoms with Crippen LogP contribution in [0, 0.1) is 5.92 Å². The lowest BCUT2D eigenvalue weighted by molar-refractivity contribution is -0.193. The van der Waals surface area contributed by atoms with Crippen molar-refractivity contribution in [3.63, 3.8) is 0 Å². The Hall–Kier alpha value is -0.560. The highest BCUT2D eigenvalue weighted by atomic mass is 79.9. The van der Waals surface area contributed by atoms with Crippen LogP contribution in [0.25, 0.3) is 0 Å². The lowest BCUT2D eigenvalue weighted by Gasteiger charge is -2.37. The Morgan fingerprint density at radius 2 is 2.05 bits per heavy atom. The van der Waals surface area contributed by atoms with Gasteiger partial charge in [0, 0.05) is 6.54 Å². The second-order valence-electron chi connectivity index (χ2n) is 5.41. The molecule has 20 heavy (non-hydrogen) atoms. The molecule has 7 heteroatoms. The van der Waals surface area contributed by atoms with E-state index in [0.717, 1.165) is 6.42 Å². The fourth-order valence-electron chi connectivity index (χ4n) is 2.87. The van der Waals surface area contributed by atoms with Gasteiger partial charge in [0.2, 0.25) is 0 Å². The SMILES string of the molecule is CCCn1ncc(Br)c1C1(O)CCC(C(F)(F)F)CC1. The van der Waals surface area contributed by atoms with E-state index in [-0.39, 0.29) is 25.7 Å². The normalized spacial score (nSPS) is 27.8. The van der Waals surface area contributed by atoms with Gasteiger partial charge >= 0.3 is 6.18 Å².